The Bertz CT molecular complexity index is 1070. The topological polar surface area (TPSA) is 84.9 Å². The molecule has 0 fully saturated rings. The highest BCUT2D eigenvalue weighted by Crippen LogP contribution is 2.33. The van der Waals surface area contributed by atoms with E-state index >= 15 is 0 Å². The van der Waals surface area contributed by atoms with Crippen LogP contribution < -0.4 is 14.8 Å². The third-order valence-corrected chi connectivity index (χ3v) is 7.63. The Morgan fingerprint density at radius 2 is 1.81 bits per heavy atom. The molecule has 168 valence electrons. The molecule has 1 aliphatic heterocycles. The molecule has 1 N–H and O–H groups in total. The van der Waals surface area contributed by atoms with E-state index in [1.54, 1.807) is 13.8 Å². The van der Waals surface area contributed by atoms with Gasteiger partial charge in [0.1, 0.15) is 13.2 Å². The molecule has 2 aromatic carbocycles. The normalized spacial score (nSPS) is 14.5. The first-order valence-electron chi connectivity index (χ1n) is 10.1. The van der Waals surface area contributed by atoms with E-state index in [2.05, 4.69) is 5.32 Å². The van der Waals surface area contributed by atoms with E-state index in [-0.39, 0.29) is 27.6 Å². The second-order valence-electron chi connectivity index (χ2n) is 7.59. The van der Waals surface area contributed by atoms with E-state index in [1.807, 2.05) is 25.1 Å². The van der Waals surface area contributed by atoms with Crippen molar-refractivity contribution in [3.8, 4) is 11.5 Å². The van der Waals surface area contributed by atoms with Gasteiger partial charge in [0.05, 0.1) is 21.5 Å². The maximum absolute atomic E-state index is 13.0. The van der Waals surface area contributed by atoms with Gasteiger partial charge in [-0.1, -0.05) is 24.6 Å². The number of carbonyl (C=O) groups is 1. The number of amides is 1. The minimum Gasteiger partial charge on any atom is -0.486 e. The lowest BCUT2D eigenvalue weighted by Crippen LogP contribution is -2.33. The number of benzene rings is 2. The Kier molecular flexibility index (Phi) is 7.13. The molecule has 2 aromatic rings. The van der Waals surface area contributed by atoms with Gasteiger partial charge in [0.2, 0.25) is 10.0 Å². The standard InChI is InChI=1S/C22H27ClN2O5S/c1-5-19(15-6-9-20-21(12-15)30-11-10-29-20)24-22(26)17-13-16(7-8-18(17)23)31(27,28)25(4)14(2)3/h6-9,12-14,19H,5,10-11H2,1-4H3,(H,24,26). The first-order chi connectivity index (χ1) is 14.6. The molecule has 31 heavy (non-hydrogen) atoms. The Morgan fingerprint density at radius 1 is 1.13 bits per heavy atom. The first kappa shape index (κ1) is 23.4. The van der Waals surface area contributed by atoms with Crippen molar-refractivity contribution >= 4 is 27.5 Å². The van der Waals surface area contributed by atoms with Crippen LogP contribution >= 0.6 is 11.6 Å². The third kappa shape index (κ3) is 4.97. The molecule has 0 bridgehead atoms. The Labute approximate surface area is 188 Å². The number of hydrogen-bond acceptors (Lipinski definition) is 5. The molecule has 0 aromatic heterocycles. The molecule has 1 unspecified atom stereocenters. The third-order valence-electron chi connectivity index (χ3n) is 5.27. The highest BCUT2D eigenvalue weighted by Gasteiger charge is 2.26. The number of nitrogens with zero attached hydrogens (tertiary/aromatic N) is 1. The molecular formula is C22H27ClN2O5S. The molecule has 1 atom stereocenters. The number of sulfonamides is 1. The van der Waals surface area contributed by atoms with Crippen LogP contribution in [-0.4, -0.2) is 44.9 Å². The molecular weight excluding hydrogens is 440 g/mol. The predicted molar refractivity (Wildman–Crippen MR) is 119 cm³/mol. The fraction of sp³-hybridized carbons (Fsp3) is 0.409. The highest BCUT2D eigenvalue weighted by molar-refractivity contribution is 7.89. The molecule has 0 saturated carbocycles. The van der Waals surface area contributed by atoms with Gasteiger partial charge < -0.3 is 14.8 Å². The van der Waals surface area contributed by atoms with Gasteiger partial charge in [0.25, 0.3) is 5.91 Å². The lowest BCUT2D eigenvalue weighted by Gasteiger charge is -2.23. The van der Waals surface area contributed by atoms with E-state index in [0.29, 0.717) is 31.1 Å². The van der Waals surface area contributed by atoms with E-state index in [1.165, 1.54) is 29.6 Å². The zero-order valence-electron chi connectivity index (χ0n) is 18.0. The van der Waals surface area contributed by atoms with Crippen molar-refractivity contribution in [2.75, 3.05) is 20.3 Å². The molecule has 0 saturated heterocycles. The molecule has 3 rings (SSSR count). The molecule has 7 nitrogen and oxygen atoms in total. The van der Waals surface area contributed by atoms with Gasteiger partial charge in [-0.05, 0) is 56.2 Å². The average molecular weight is 467 g/mol. The molecule has 1 aliphatic rings. The van der Waals surface area contributed by atoms with Gasteiger partial charge in [-0.3, -0.25) is 4.79 Å². The number of carbonyl (C=O) groups excluding carboxylic acids is 1. The monoisotopic (exact) mass is 466 g/mol. The van der Waals surface area contributed by atoms with Crippen LogP contribution in [0.2, 0.25) is 5.02 Å². The van der Waals surface area contributed by atoms with Crippen molar-refractivity contribution in [2.45, 2.75) is 44.2 Å². The van der Waals surface area contributed by atoms with Crippen molar-refractivity contribution in [3.63, 3.8) is 0 Å². The summed E-state index contributed by atoms with van der Waals surface area (Å²) in [6.07, 6.45) is 0.622. The molecule has 1 heterocycles. The highest BCUT2D eigenvalue weighted by atomic mass is 35.5. The maximum Gasteiger partial charge on any atom is 0.253 e. The lowest BCUT2D eigenvalue weighted by atomic mass is 10.0. The van der Waals surface area contributed by atoms with Crippen LogP contribution in [0.1, 0.15) is 49.2 Å². The predicted octanol–water partition coefficient (Wildman–Crippen LogP) is 4.02. The summed E-state index contributed by atoms with van der Waals surface area (Å²) in [4.78, 5) is 13.0. The maximum atomic E-state index is 13.0. The minimum atomic E-state index is -3.74. The Balaban J connectivity index is 1.87. The number of halogens is 1. The fourth-order valence-corrected chi connectivity index (χ4v) is 4.81. The number of nitrogens with one attached hydrogen (secondary N) is 1. The summed E-state index contributed by atoms with van der Waals surface area (Å²) >= 11 is 6.25. The Hall–Kier alpha value is -2.29. The van der Waals surface area contributed by atoms with Crippen molar-refractivity contribution in [2.24, 2.45) is 0 Å². The van der Waals surface area contributed by atoms with Crippen molar-refractivity contribution in [1.29, 1.82) is 0 Å². The summed E-state index contributed by atoms with van der Waals surface area (Å²) in [5.74, 6) is 0.863. The van der Waals surface area contributed by atoms with E-state index in [9.17, 15) is 13.2 Å². The second-order valence-corrected chi connectivity index (χ2v) is 10.00. The fourth-order valence-electron chi connectivity index (χ4n) is 3.22. The summed E-state index contributed by atoms with van der Waals surface area (Å²) in [6, 6.07) is 9.18. The van der Waals surface area contributed by atoms with E-state index in [0.717, 1.165) is 5.56 Å². The van der Waals surface area contributed by atoms with Crippen LogP contribution in [0.5, 0.6) is 11.5 Å². The summed E-state index contributed by atoms with van der Waals surface area (Å²) < 4.78 is 38.1. The van der Waals surface area contributed by atoms with Gasteiger partial charge >= 0.3 is 0 Å². The number of rotatable bonds is 7. The molecule has 1 amide bonds. The number of hydrogen-bond donors (Lipinski definition) is 1. The smallest absolute Gasteiger partial charge is 0.253 e. The molecule has 9 heteroatoms. The van der Waals surface area contributed by atoms with E-state index in [4.69, 9.17) is 21.1 Å². The summed E-state index contributed by atoms with van der Waals surface area (Å²) in [7, 11) is -2.24. The zero-order valence-corrected chi connectivity index (χ0v) is 19.6. The van der Waals surface area contributed by atoms with Crippen LogP contribution in [0, 0.1) is 0 Å². The summed E-state index contributed by atoms with van der Waals surface area (Å²) in [6.45, 7) is 6.48. The zero-order chi connectivity index (χ0) is 22.8. The molecule has 0 aliphatic carbocycles. The quantitative estimate of drug-likeness (QED) is 0.666. The van der Waals surface area contributed by atoms with Gasteiger partial charge in [-0.2, -0.15) is 4.31 Å². The van der Waals surface area contributed by atoms with Gasteiger partial charge in [0, 0.05) is 13.1 Å². The first-order valence-corrected chi connectivity index (χ1v) is 11.9. The van der Waals surface area contributed by atoms with Crippen LogP contribution in [-0.2, 0) is 10.0 Å². The van der Waals surface area contributed by atoms with Gasteiger partial charge in [-0.25, -0.2) is 8.42 Å². The summed E-state index contributed by atoms with van der Waals surface area (Å²) in [5.41, 5.74) is 0.968. The van der Waals surface area contributed by atoms with Crippen molar-refractivity contribution in [3.05, 3.63) is 52.5 Å². The molecule has 0 radical (unpaired) electrons. The van der Waals surface area contributed by atoms with Gasteiger partial charge in [0.15, 0.2) is 11.5 Å². The second kappa shape index (κ2) is 9.46. The van der Waals surface area contributed by atoms with E-state index < -0.39 is 15.9 Å². The molecule has 0 spiro atoms. The van der Waals surface area contributed by atoms with Crippen molar-refractivity contribution < 1.29 is 22.7 Å². The largest absolute Gasteiger partial charge is 0.486 e. The van der Waals surface area contributed by atoms with Crippen LogP contribution in [0.25, 0.3) is 0 Å². The lowest BCUT2D eigenvalue weighted by molar-refractivity contribution is 0.0935. The van der Waals surface area contributed by atoms with Gasteiger partial charge in [-0.15, -0.1) is 0 Å². The average Bonchev–Trinajstić information content (AvgIpc) is 2.76. The summed E-state index contributed by atoms with van der Waals surface area (Å²) in [5, 5.41) is 3.13. The number of ether oxygens (including phenoxy) is 2. The van der Waals surface area contributed by atoms with Crippen LogP contribution in [0.3, 0.4) is 0 Å². The SMILES string of the molecule is CCC(NC(=O)c1cc(S(=O)(=O)N(C)C(C)C)ccc1Cl)c1ccc2c(c1)OCCO2. The Morgan fingerprint density at radius 3 is 2.45 bits per heavy atom. The van der Waals surface area contributed by atoms with Crippen LogP contribution in [0.15, 0.2) is 41.3 Å². The van der Waals surface area contributed by atoms with Crippen molar-refractivity contribution in [1.82, 2.24) is 9.62 Å². The number of fused-ring (bicyclic) bond motifs is 1. The van der Waals surface area contributed by atoms with Crippen LogP contribution in [0.4, 0.5) is 0 Å². The minimum absolute atomic E-state index is 0.0191.